The van der Waals surface area contributed by atoms with Crippen molar-refractivity contribution < 1.29 is 14.7 Å². The topological polar surface area (TPSA) is 106 Å². The lowest BCUT2D eigenvalue weighted by Crippen LogP contribution is -2.26. The molecule has 39 heavy (non-hydrogen) atoms. The van der Waals surface area contributed by atoms with E-state index in [2.05, 4.69) is 31.9 Å². The average molecular weight is 564 g/mol. The zero-order valence-electron chi connectivity index (χ0n) is 22.3. The number of nitrogens with zero attached hydrogens (tertiary/aromatic N) is 3. The summed E-state index contributed by atoms with van der Waals surface area (Å²) in [6.45, 7) is 9.72. The van der Waals surface area contributed by atoms with Gasteiger partial charge in [-0.3, -0.25) is 15.0 Å². The van der Waals surface area contributed by atoms with Crippen LogP contribution < -0.4 is 15.0 Å². The van der Waals surface area contributed by atoms with Gasteiger partial charge in [0.1, 0.15) is 12.4 Å². The summed E-state index contributed by atoms with van der Waals surface area (Å²) in [7, 11) is 0. The number of hydrogen-bond acceptors (Lipinski definition) is 6. The SMILES string of the molecule is C=N/C(C)=N\NCC(=O)Nc1ccc2c(c1)CN(SC)c1c(C)c(CC(=O)O)c(-c3ccc(Cl)cc3)c(C)c1-2. The molecule has 0 unspecified atom stereocenters. The van der Waals surface area contributed by atoms with Gasteiger partial charge in [-0.2, -0.15) is 5.10 Å². The molecule has 0 fully saturated rings. The van der Waals surface area contributed by atoms with Crippen LogP contribution in [0.25, 0.3) is 22.3 Å². The normalized spacial score (nSPS) is 12.4. The van der Waals surface area contributed by atoms with Crippen molar-refractivity contribution >= 4 is 59.4 Å². The fourth-order valence-electron chi connectivity index (χ4n) is 4.97. The van der Waals surface area contributed by atoms with Crippen molar-refractivity contribution in [3.05, 3.63) is 69.7 Å². The molecule has 0 spiro atoms. The van der Waals surface area contributed by atoms with Crippen molar-refractivity contribution in [2.45, 2.75) is 33.7 Å². The second-order valence-corrected chi connectivity index (χ2v) is 10.4. The Bertz CT molecular complexity index is 1490. The molecule has 8 nitrogen and oxygen atoms in total. The van der Waals surface area contributed by atoms with Crippen molar-refractivity contribution in [3.63, 3.8) is 0 Å². The molecule has 1 heterocycles. The van der Waals surface area contributed by atoms with E-state index in [-0.39, 0.29) is 18.9 Å². The van der Waals surface area contributed by atoms with Crippen LogP contribution in [0.1, 0.15) is 29.2 Å². The summed E-state index contributed by atoms with van der Waals surface area (Å²) >= 11 is 7.75. The van der Waals surface area contributed by atoms with Gasteiger partial charge in [0.05, 0.1) is 18.7 Å². The minimum atomic E-state index is -0.879. The smallest absolute Gasteiger partial charge is 0.307 e. The van der Waals surface area contributed by atoms with E-state index in [1.165, 1.54) is 0 Å². The molecule has 10 heteroatoms. The Balaban J connectivity index is 1.81. The third-order valence-corrected chi connectivity index (χ3v) is 7.71. The van der Waals surface area contributed by atoms with Crippen molar-refractivity contribution in [2.75, 3.05) is 22.4 Å². The van der Waals surface area contributed by atoms with Gasteiger partial charge in [0.25, 0.3) is 0 Å². The van der Waals surface area contributed by atoms with Crippen LogP contribution in [0.4, 0.5) is 11.4 Å². The van der Waals surface area contributed by atoms with Gasteiger partial charge in [0.2, 0.25) is 5.91 Å². The van der Waals surface area contributed by atoms with E-state index in [1.54, 1.807) is 18.9 Å². The molecule has 0 aliphatic carbocycles. The molecule has 0 saturated carbocycles. The Kier molecular flexibility index (Phi) is 8.62. The first-order chi connectivity index (χ1) is 18.6. The number of amides is 1. The second kappa shape index (κ2) is 11.9. The number of hydrogen-bond donors (Lipinski definition) is 3. The van der Waals surface area contributed by atoms with Crippen molar-refractivity contribution in [1.29, 1.82) is 0 Å². The van der Waals surface area contributed by atoms with Gasteiger partial charge in [-0.05, 0) is 90.7 Å². The minimum Gasteiger partial charge on any atom is -0.481 e. The Morgan fingerprint density at radius 2 is 1.85 bits per heavy atom. The van der Waals surface area contributed by atoms with E-state index in [4.69, 9.17) is 11.6 Å². The Morgan fingerprint density at radius 3 is 2.49 bits per heavy atom. The molecule has 202 valence electrons. The van der Waals surface area contributed by atoms with Gasteiger partial charge in [0.15, 0.2) is 0 Å². The molecular formula is C29H30ClN5O3S. The summed E-state index contributed by atoms with van der Waals surface area (Å²) < 4.78 is 2.18. The number of carboxylic acid groups (broad SMARTS) is 1. The van der Waals surface area contributed by atoms with Crippen LogP contribution in [0.5, 0.6) is 0 Å². The van der Waals surface area contributed by atoms with Gasteiger partial charge in [-0.25, -0.2) is 4.99 Å². The fourth-order valence-corrected chi connectivity index (χ4v) is 5.77. The highest BCUT2D eigenvalue weighted by Gasteiger charge is 2.30. The number of nitrogens with one attached hydrogen (secondary N) is 2. The zero-order valence-corrected chi connectivity index (χ0v) is 23.8. The third kappa shape index (κ3) is 5.94. The highest BCUT2D eigenvalue weighted by Crippen LogP contribution is 2.50. The number of hydrazone groups is 1. The number of carbonyl (C=O) groups is 2. The number of aliphatic carboxylic acids is 1. The number of amidine groups is 1. The van der Waals surface area contributed by atoms with Crippen LogP contribution in [0.2, 0.25) is 5.02 Å². The number of anilines is 2. The Hall–Kier alpha value is -3.82. The average Bonchev–Trinajstić information content (AvgIpc) is 2.91. The number of carbonyl (C=O) groups excluding carboxylic acids is 1. The number of halogens is 1. The minimum absolute atomic E-state index is 0.00117. The number of benzene rings is 3. The summed E-state index contributed by atoms with van der Waals surface area (Å²) in [5.41, 5.74) is 12.1. The number of aliphatic imine (C=N–C) groups is 1. The third-order valence-electron chi connectivity index (χ3n) is 6.71. The van der Waals surface area contributed by atoms with E-state index in [1.807, 2.05) is 62.6 Å². The molecule has 1 aliphatic rings. The maximum Gasteiger partial charge on any atom is 0.307 e. The van der Waals surface area contributed by atoms with Gasteiger partial charge in [-0.1, -0.05) is 41.7 Å². The molecule has 1 aliphatic heterocycles. The maximum absolute atomic E-state index is 12.5. The Morgan fingerprint density at radius 1 is 1.13 bits per heavy atom. The molecule has 1 amide bonds. The largest absolute Gasteiger partial charge is 0.481 e. The molecule has 3 N–H and O–H groups in total. The first-order valence-electron chi connectivity index (χ1n) is 12.3. The van der Waals surface area contributed by atoms with Crippen molar-refractivity contribution in [1.82, 2.24) is 5.43 Å². The van der Waals surface area contributed by atoms with Crippen LogP contribution >= 0.6 is 23.5 Å². The predicted octanol–water partition coefficient (Wildman–Crippen LogP) is 6.08. The highest BCUT2D eigenvalue weighted by molar-refractivity contribution is 7.99. The summed E-state index contributed by atoms with van der Waals surface area (Å²) in [6.07, 6.45) is 1.92. The Labute approximate surface area is 237 Å². The van der Waals surface area contributed by atoms with Gasteiger partial charge in [-0.15, -0.1) is 0 Å². The lowest BCUT2D eigenvalue weighted by Gasteiger charge is -2.36. The first-order valence-corrected chi connectivity index (χ1v) is 13.8. The van der Waals surface area contributed by atoms with Crippen LogP contribution in [0.3, 0.4) is 0 Å². The highest BCUT2D eigenvalue weighted by atomic mass is 35.5. The molecule has 0 atom stereocenters. The van der Waals surface area contributed by atoms with E-state index in [0.29, 0.717) is 23.1 Å². The molecule has 3 aromatic carbocycles. The molecule has 0 saturated heterocycles. The van der Waals surface area contributed by atoms with Gasteiger partial charge < -0.3 is 14.7 Å². The number of rotatable bonds is 8. The van der Waals surface area contributed by atoms with E-state index >= 15 is 0 Å². The monoisotopic (exact) mass is 563 g/mol. The molecule has 0 bridgehead atoms. The van der Waals surface area contributed by atoms with Crippen LogP contribution in [-0.4, -0.2) is 42.3 Å². The van der Waals surface area contributed by atoms with Crippen molar-refractivity contribution in [3.8, 4) is 22.3 Å². The molecule has 4 rings (SSSR count). The molecule has 3 aromatic rings. The van der Waals surface area contributed by atoms with Gasteiger partial charge in [0, 0.05) is 22.5 Å². The summed E-state index contributed by atoms with van der Waals surface area (Å²) in [5, 5.41) is 17.3. The van der Waals surface area contributed by atoms with Gasteiger partial charge >= 0.3 is 5.97 Å². The molecule has 0 radical (unpaired) electrons. The van der Waals surface area contributed by atoms with E-state index < -0.39 is 5.97 Å². The lowest BCUT2D eigenvalue weighted by atomic mass is 9.81. The predicted molar refractivity (Wildman–Crippen MR) is 162 cm³/mol. The summed E-state index contributed by atoms with van der Waals surface area (Å²) in [6, 6.07) is 13.4. The lowest BCUT2D eigenvalue weighted by molar-refractivity contribution is -0.136. The number of carboxylic acids is 1. The van der Waals surface area contributed by atoms with Crippen LogP contribution in [-0.2, 0) is 22.6 Å². The molecule has 0 aromatic heterocycles. The summed E-state index contributed by atoms with van der Waals surface area (Å²) in [5.74, 6) is -0.664. The standard InChI is InChI=1S/C29H30ClN5O3S/c1-16-24(13-26(37)38)27(19-6-8-21(30)9-7-19)17(2)28-23-11-10-22(12-20(23)15-35(39-5)29(16)28)33-25(36)14-32-34-18(3)31-4/h6-12,32H,4,13-15H2,1-3,5H3,(H,33,36)(H,37,38)/b34-18-. The number of fused-ring (bicyclic) bond motifs is 3. The van der Waals surface area contributed by atoms with Crippen LogP contribution in [0.15, 0.2) is 52.6 Å². The van der Waals surface area contributed by atoms with Crippen molar-refractivity contribution in [2.24, 2.45) is 10.1 Å². The molecular weight excluding hydrogens is 534 g/mol. The van der Waals surface area contributed by atoms with E-state index in [0.717, 1.165) is 50.2 Å². The van der Waals surface area contributed by atoms with Crippen LogP contribution in [0, 0.1) is 13.8 Å². The quantitative estimate of drug-likeness (QED) is 0.133. The van der Waals surface area contributed by atoms with E-state index in [9.17, 15) is 14.7 Å². The first kappa shape index (κ1) is 28.2. The second-order valence-electron chi connectivity index (χ2n) is 9.20. The maximum atomic E-state index is 12.5. The zero-order chi connectivity index (χ0) is 28.3. The summed E-state index contributed by atoms with van der Waals surface area (Å²) in [4.78, 5) is 28.1. The fraction of sp³-hybridized carbons (Fsp3) is 0.241.